The highest BCUT2D eigenvalue weighted by atomic mass is 16.6. The van der Waals surface area contributed by atoms with Crippen LogP contribution in [0.1, 0.15) is 22.4 Å². The van der Waals surface area contributed by atoms with Crippen LogP contribution in [0.15, 0.2) is 24.5 Å². The number of nitrogens with zero attached hydrogens (tertiary/aromatic N) is 4. The van der Waals surface area contributed by atoms with Gasteiger partial charge in [-0.25, -0.2) is 4.98 Å². The van der Waals surface area contributed by atoms with Crippen LogP contribution < -0.4 is 5.32 Å². The predicted octanol–water partition coefficient (Wildman–Crippen LogP) is 2.32. The molecule has 0 radical (unpaired) electrons. The van der Waals surface area contributed by atoms with Crippen LogP contribution in [0.25, 0.3) is 0 Å². The highest BCUT2D eigenvalue weighted by Gasteiger charge is 2.25. The maximum atomic E-state index is 11.2. The molecule has 2 aromatic heterocycles. The summed E-state index contributed by atoms with van der Waals surface area (Å²) in [6.07, 6.45) is 3.35. The van der Waals surface area contributed by atoms with E-state index in [0.717, 1.165) is 5.56 Å². The van der Waals surface area contributed by atoms with Crippen LogP contribution in [0, 0.1) is 28.4 Å². The van der Waals surface area contributed by atoms with Gasteiger partial charge in [0.25, 0.3) is 5.69 Å². The largest absolute Gasteiger partial charge is 0.380 e. The smallest absolute Gasteiger partial charge is 0.297 e. The van der Waals surface area contributed by atoms with Crippen molar-refractivity contribution in [2.24, 2.45) is 0 Å². The molecule has 0 aliphatic heterocycles. The van der Waals surface area contributed by atoms with E-state index in [0.29, 0.717) is 12.4 Å². The number of nitrogens with one attached hydrogen (secondary N) is 1. The van der Waals surface area contributed by atoms with E-state index in [9.17, 15) is 15.4 Å². The van der Waals surface area contributed by atoms with E-state index in [1.807, 2.05) is 12.1 Å². The molecular formula is C15H15N5O3. The summed E-state index contributed by atoms with van der Waals surface area (Å²) in [6.45, 7) is 1.90. The Kier molecular flexibility index (Phi) is 5.17. The number of aryl methyl sites for hydroxylation is 1. The Morgan fingerprint density at radius 3 is 2.87 bits per heavy atom. The predicted molar refractivity (Wildman–Crippen MR) is 82.6 cm³/mol. The molecule has 2 rings (SSSR count). The summed E-state index contributed by atoms with van der Waals surface area (Å²) in [5.74, 6) is 0.298. The van der Waals surface area contributed by atoms with Crippen molar-refractivity contribution in [1.29, 1.82) is 5.26 Å². The van der Waals surface area contributed by atoms with Crippen LogP contribution in [-0.2, 0) is 17.9 Å². The number of ether oxygens (including phenoxy) is 1. The van der Waals surface area contributed by atoms with Gasteiger partial charge in [-0.1, -0.05) is 6.07 Å². The van der Waals surface area contributed by atoms with Gasteiger partial charge in [0, 0.05) is 26.0 Å². The first-order chi connectivity index (χ1) is 11.1. The number of anilines is 1. The molecule has 118 valence electrons. The lowest BCUT2D eigenvalue weighted by atomic mass is 10.1. The Morgan fingerprint density at radius 2 is 2.30 bits per heavy atom. The zero-order chi connectivity index (χ0) is 16.8. The van der Waals surface area contributed by atoms with Crippen molar-refractivity contribution in [3.05, 3.63) is 57.0 Å². The number of pyridine rings is 2. The maximum Gasteiger partial charge on any atom is 0.297 e. The first-order valence-corrected chi connectivity index (χ1v) is 6.78. The number of nitriles is 1. The first-order valence-electron chi connectivity index (χ1n) is 6.78. The molecule has 0 fully saturated rings. The second-order valence-corrected chi connectivity index (χ2v) is 4.76. The fourth-order valence-electron chi connectivity index (χ4n) is 2.22. The zero-order valence-electron chi connectivity index (χ0n) is 12.7. The summed E-state index contributed by atoms with van der Waals surface area (Å²) in [7, 11) is 1.42. The quantitative estimate of drug-likeness (QED) is 0.643. The fourth-order valence-corrected chi connectivity index (χ4v) is 2.22. The topological polar surface area (TPSA) is 114 Å². The van der Waals surface area contributed by atoms with Gasteiger partial charge in [0.15, 0.2) is 0 Å². The lowest BCUT2D eigenvalue weighted by molar-refractivity contribution is -0.386. The molecule has 1 N–H and O–H groups in total. The van der Waals surface area contributed by atoms with Gasteiger partial charge in [-0.15, -0.1) is 0 Å². The van der Waals surface area contributed by atoms with E-state index in [4.69, 9.17) is 4.74 Å². The van der Waals surface area contributed by atoms with Gasteiger partial charge in [0.2, 0.25) is 0 Å². The summed E-state index contributed by atoms with van der Waals surface area (Å²) in [5.41, 5.74) is 1.29. The van der Waals surface area contributed by atoms with Gasteiger partial charge in [-0.2, -0.15) is 5.26 Å². The van der Waals surface area contributed by atoms with Crippen molar-refractivity contribution >= 4 is 11.5 Å². The molecule has 0 spiro atoms. The number of methoxy groups -OCH3 is 1. The normalized spacial score (nSPS) is 10.1. The van der Waals surface area contributed by atoms with Crippen molar-refractivity contribution in [1.82, 2.24) is 9.97 Å². The average Bonchev–Trinajstić information content (AvgIpc) is 2.53. The Hall–Kier alpha value is -3.05. The van der Waals surface area contributed by atoms with Crippen molar-refractivity contribution in [3.63, 3.8) is 0 Å². The van der Waals surface area contributed by atoms with E-state index in [1.54, 1.807) is 18.5 Å². The molecule has 0 saturated heterocycles. The molecule has 8 nitrogen and oxygen atoms in total. The van der Waals surface area contributed by atoms with E-state index in [1.165, 1.54) is 14.0 Å². The minimum absolute atomic E-state index is 0.0376. The van der Waals surface area contributed by atoms with Crippen LogP contribution >= 0.6 is 0 Å². The summed E-state index contributed by atoms with van der Waals surface area (Å²) < 4.78 is 5.01. The minimum atomic E-state index is -0.539. The van der Waals surface area contributed by atoms with E-state index >= 15 is 0 Å². The molecule has 0 bridgehead atoms. The molecule has 2 aromatic rings. The molecule has 0 aliphatic carbocycles. The van der Waals surface area contributed by atoms with Crippen LogP contribution in [0.3, 0.4) is 0 Å². The number of rotatable bonds is 6. The molecule has 0 unspecified atom stereocenters. The molecule has 0 saturated carbocycles. The molecule has 0 atom stereocenters. The Morgan fingerprint density at radius 1 is 1.52 bits per heavy atom. The Balaban J connectivity index is 2.43. The third-order valence-corrected chi connectivity index (χ3v) is 3.21. The van der Waals surface area contributed by atoms with Crippen LogP contribution in [0.2, 0.25) is 0 Å². The van der Waals surface area contributed by atoms with Crippen molar-refractivity contribution < 1.29 is 9.66 Å². The second-order valence-electron chi connectivity index (χ2n) is 4.76. The number of hydrogen-bond donors (Lipinski definition) is 1. The van der Waals surface area contributed by atoms with Gasteiger partial charge in [0.1, 0.15) is 23.1 Å². The highest BCUT2D eigenvalue weighted by Crippen LogP contribution is 2.30. The van der Waals surface area contributed by atoms with Gasteiger partial charge in [-0.3, -0.25) is 15.1 Å². The Labute approximate surface area is 132 Å². The molecule has 8 heteroatoms. The van der Waals surface area contributed by atoms with Gasteiger partial charge in [-0.05, 0) is 18.6 Å². The summed E-state index contributed by atoms with van der Waals surface area (Å²) in [4.78, 5) is 18.9. The summed E-state index contributed by atoms with van der Waals surface area (Å²) >= 11 is 0. The molecule has 0 aromatic carbocycles. The standard InChI is InChI=1S/C15H15N5O3/c1-10-14(20(21)22)13(9-23-2)12(6-16)15(19-10)18-8-11-4-3-5-17-7-11/h3-5,7H,8-9H2,1-2H3,(H,18,19). The summed E-state index contributed by atoms with van der Waals surface area (Å²) in [6, 6.07) is 5.66. The molecule has 2 heterocycles. The highest BCUT2D eigenvalue weighted by molar-refractivity contribution is 5.64. The first kappa shape index (κ1) is 16.3. The molecule has 0 amide bonds. The number of nitro groups is 1. The zero-order valence-corrected chi connectivity index (χ0v) is 12.7. The average molecular weight is 313 g/mol. The van der Waals surface area contributed by atoms with E-state index < -0.39 is 4.92 Å². The van der Waals surface area contributed by atoms with Crippen molar-refractivity contribution in [2.75, 3.05) is 12.4 Å². The number of hydrogen-bond acceptors (Lipinski definition) is 7. The third-order valence-electron chi connectivity index (χ3n) is 3.21. The fraction of sp³-hybridized carbons (Fsp3) is 0.267. The lowest BCUT2D eigenvalue weighted by Crippen LogP contribution is -2.10. The van der Waals surface area contributed by atoms with Gasteiger partial charge >= 0.3 is 0 Å². The third kappa shape index (κ3) is 3.59. The monoisotopic (exact) mass is 313 g/mol. The maximum absolute atomic E-state index is 11.2. The SMILES string of the molecule is COCc1c(C#N)c(NCc2cccnc2)nc(C)c1[N+](=O)[O-]. The summed E-state index contributed by atoms with van der Waals surface area (Å²) in [5, 5.41) is 23.7. The van der Waals surface area contributed by atoms with Crippen molar-refractivity contribution in [3.8, 4) is 6.07 Å². The second kappa shape index (κ2) is 7.29. The lowest BCUT2D eigenvalue weighted by Gasteiger charge is -2.12. The molecule has 23 heavy (non-hydrogen) atoms. The van der Waals surface area contributed by atoms with E-state index in [2.05, 4.69) is 15.3 Å². The minimum Gasteiger partial charge on any atom is -0.380 e. The van der Waals surface area contributed by atoms with Gasteiger partial charge in [0.05, 0.1) is 17.1 Å². The van der Waals surface area contributed by atoms with Gasteiger partial charge < -0.3 is 10.1 Å². The Bertz CT molecular complexity index is 756. The van der Waals surface area contributed by atoms with Crippen LogP contribution in [0.5, 0.6) is 0 Å². The van der Waals surface area contributed by atoms with Crippen LogP contribution in [-0.4, -0.2) is 22.0 Å². The number of aromatic nitrogens is 2. The molecular weight excluding hydrogens is 298 g/mol. The molecule has 0 aliphatic rings. The van der Waals surface area contributed by atoms with Crippen LogP contribution in [0.4, 0.5) is 11.5 Å². The van der Waals surface area contributed by atoms with E-state index in [-0.39, 0.29) is 29.1 Å². The van der Waals surface area contributed by atoms with Crippen molar-refractivity contribution in [2.45, 2.75) is 20.1 Å².